The van der Waals surface area contributed by atoms with Gasteiger partial charge in [0.15, 0.2) is 5.16 Å². The number of nitrogens with one attached hydrogen (secondary N) is 1. The van der Waals surface area contributed by atoms with E-state index in [1.807, 2.05) is 0 Å². The Bertz CT molecular complexity index is 325. The molecule has 1 aliphatic rings. The number of aryl methyl sites for hydroxylation is 2. The fraction of sp³-hybridized carbons (Fsp3) is 0.556. The second-order valence-corrected chi connectivity index (χ2v) is 4.32. The number of carbonyl (C=O) groups is 1. The molecule has 0 bridgehead atoms. The van der Waals surface area contributed by atoms with Crippen molar-refractivity contribution in [3.05, 3.63) is 11.4 Å². The molecule has 0 atom stereocenters. The van der Waals surface area contributed by atoms with E-state index in [0.717, 1.165) is 23.7 Å². The molecule has 0 spiro atoms. The molecule has 0 fully saturated rings. The van der Waals surface area contributed by atoms with E-state index in [-0.39, 0.29) is 5.75 Å². The van der Waals surface area contributed by atoms with Crippen LogP contribution in [-0.4, -0.2) is 26.8 Å². The predicted octanol–water partition coefficient (Wildman–Crippen LogP) is 1.47. The number of nitrogens with zero attached hydrogens (tertiary/aromatic N) is 1. The molecule has 0 saturated carbocycles. The van der Waals surface area contributed by atoms with Crippen molar-refractivity contribution in [2.24, 2.45) is 0 Å². The quantitative estimate of drug-likeness (QED) is 0.744. The predicted molar refractivity (Wildman–Crippen MR) is 53.6 cm³/mol. The average molecular weight is 212 g/mol. The van der Waals surface area contributed by atoms with Crippen molar-refractivity contribution in [2.45, 2.75) is 30.8 Å². The number of imidazole rings is 1. The van der Waals surface area contributed by atoms with Gasteiger partial charge in [-0.25, -0.2) is 4.98 Å². The molecule has 2 N–H and O–H groups in total. The minimum Gasteiger partial charge on any atom is -0.481 e. The number of carboxylic acids is 1. The first-order valence-corrected chi connectivity index (χ1v) is 5.66. The minimum absolute atomic E-state index is 0.0758. The molecule has 1 heterocycles. The summed E-state index contributed by atoms with van der Waals surface area (Å²) >= 11 is 1.26. The van der Waals surface area contributed by atoms with E-state index >= 15 is 0 Å². The van der Waals surface area contributed by atoms with Gasteiger partial charge in [0.05, 0.1) is 11.4 Å². The molecule has 0 radical (unpaired) electrons. The van der Waals surface area contributed by atoms with E-state index < -0.39 is 5.97 Å². The highest BCUT2D eigenvalue weighted by Crippen LogP contribution is 2.23. The summed E-state index contributed by atoms with van der Waals surface area (Å²) in [5.41, 5.74) is 2.33. The maximum atomic E-state index is 10.4. The lowest BCUT2D eigenvalue weighted by atomic mass is 10.0. The summed E-state index contributed by atoms with van der Waals surface area (Å²) in [6, 6.07) is 0. The normalized spacial score (nSPS) is 15.1. The van der Waals surface area contributed by atoms with Gasteiger partial charge in [0, 0.05) is 5.69 Å². The fourth-order valence-electron chi connectivity index (χ4n) is 1.63. The highest BCUT2D eigenvalue weighted by atomic mass is 32.2. The van der Waals surface area contributed by atoms with Crippen LogP contribution in [0.15, 0.2) is 5.16 Å². The topological polar surface area (TPSA) is 66.0 Å². The molecule has 0 saturated heterocycles. The third kappa shape index (κ3) is 2.09. The summed E-state index contributed by atoms with van der Waals surface area (Å²) in [6.45, 7) is 0. The van der Waals surface area contributed by atoms with Gasteiger partial charge in [-0.3, -0.25) is 4.79 Å². The molecule has 4 nitrogen and oxygen atoms in total. The maximum Gasteiger partial charge on any atom is 0.313 e. The number of hydrogen-bond acceptors (Lipinski definition) is 3. The highest BCUT2D eigenvalue weighted by molar-refractivity contribution is 7.99. The summed E-state index contributed by atoms with van der Waals surface area (Å²) < 4.78 is 0. The average Bonchev–Trinajstić information content (AvgIpc) is 2.57. The molecule has 76 valence electrons. The Balaban J connectivity index is 2.04. The first kappa shape index (κ1) is 9.58. The molecular formula is C9H12N2O2S. The van der Waals surface area contributed by atoms with E-state index in [4.69, 9.17) is 5.11 Å². The lowest BCUT2D eigenvalue weighted by molar-refractivity contribution is -0.133. The van der Waals surface area contributed by atoms with Crippen LogP contribution in [0.4, 0.5) is 0 Å². The maximum absolute atomic E-state index is 10.4. The molecule has 5 heteroatoms. The Labute approximate surface area is 86.1 Å². The van der Waals surface area contributed by atoms with Crippen LogP contribution >= 0.6 is 11.8 Å². The number of H-pyrrole nitrogens is 1. The van der Waals surface area contributed by atoms with Crippen LogP contribution in [0.1, 0.15) is 24.2 Å². The third-order valence-electron chi connectivity index (χ3n) is 2.27. The van der Waals surface area contributed by atoms with Crippen LogP contribution < -0.4 is 0 Å². The molecule has 0 unspecified atom stereocenters. The Morgan fingerprint density at radius 1 is 1.50 bits per heavy atom. The molecule has 0 aromatic carbocycles. The smallest absolute Gasteiger partial charge is 0.313 e. The molecule has 1 aromatic heterocycles. The summed E-state index contributed by atoms with van der Waals surface area (Å²) in [5, 5.41) is 9.26. The molecule has 0 aliphatic heterocycles. The monoisotopic (exact) mass is 212 g/mol. The van der Waals surface area contributed by atoms with Crippen LogP contribution in [-0.2, 0) is 17.6 Å². The van der Waals surface area contributed by atoms with Crippen molar-refractivity contribution >= 4 is 17.7 Å². The Hall–Kier alpha value is -0.970. The molecule has 1 aromatic rings. The molecule has 1 aliphatic carbocycles. The number of carboxylic acid groups (broad SMARTS) is 1. The van der Waals surface area contributed by atoms with E-state index in [2.05, 4.69) is 9.97 Å². The van der Waals surface area contributed by atoms with Crippen LogP contribution in [0.25, 0.3) is 0 Å². The minimum atomic E-state index is -0.802. The van der Waals surface area contributed by atoms with Crippen molar-refractivity contribution in [3.8, 4) is 0 Å². The number of hydrogen-bond donors (Lipinski definition) is 2. The van der Waals surface area contributed by atoms with Crippen molar-refractivity contribution in [2.75, 3.05) is 5.75 Å². The van der Waals surface area contributed by atoms with Gasteiger partial charge < -0.3 is 10.1 Å². The third-order valence-corrected chi connectivity index (χ3v) is 3.12. The van der Waals surface area contributed by atoms with Crippen LogP contribution in [0.5, 0.6) is 0 Å². The number of fused-ring (bicyclic) bond motifs is 1. The largest absolute Gasteiger partial charge is 0.481 e. The Morgan fingerprint density at radius 3 is 3.00 bits per heavy atom. The zero-order chi connectivity index (χ0) is 9.97. The molecule has 2 rings (SSSR count). The Kier molecular flexibility index (Phi) is 2.77. The van der Waals surface area contributed by atoms with Gasteiger partial charge in [-0.05, 0) is 25.7 Å². The number of rotatable bonds is 3. The second kappa shape index (κ2) is 4.04. The van der Waals surface area contributed by atoms with E-state index in [1.54, 1.807) is 0 Å². The summed E-state index contributed by atoms with van der Waals surface area (Å²) in [6.07, 6.45) is 4.48. The van der Waals surface area contributed by atoms with Crippen molar-refractivity contribution in [1.82, 2.24) is 9.97 Å². The molecule has 0 amide bonds. The van der Waals surface area contributed by atoms with Crippen LogP contribution in [0, 0.1) is 0 Å². The lowest BCUT2D eigenvalue weighted by Gasteiger charge is -2.07. The van der Waals surface area contributed by atoms with Gasteiger partial charge in [0.1, 0.15) is 0 Å². The lowest BCUT2D eigenvalue weighted by Crippen LogP contribution is -2.00. The van der Waals surface area contributed by atoms with Gasteiger partial charge >= 0.3 is 5.97 Å². The van der Waals surface area contributed by atoms with E-state index in [1.165, 1.54) is 30.3 Å². The van der Waals surface area contributed by atoms with Crippen molar-refractivity contribution in [1.29, 1.82) is 0 Å². The van der Waals surface area contributed by atoms with Crippen molar-refractivity contribution in [3.63, 3.8) is 0 Å². The van der Waals surface area contributed by atoms with E-state index in [0.29, 0.717) is 0 Å². The Morgan fingerprint density at radius 2 is 2.29 bits per heavy atom. The first-order chi connectivity index (χ1) is 6.75. The van der Waals surface area contributed by atoms with Gasteiger partial charge in [0.25, 0.3) is 0 Å². The number of aromatic nitrogens is 2. The van der Waals surface area contributed by atoms with Gasteiger partial charge in [-0.15, -0.1) is 0 Å². The fourth-order valence-corrected chi connectivity index (χ4v) is 2.26. The molecule has 14 heavy (non-hydrogen) atoms. The van der Waals surface area contributed by atoms with Crippen LogP contribution in [0.2, 0.25) is 0 Å². The summed E-state index contributed by atoms with van der Waals surface area (Å²) in [5.74, 6) is -0.726. The summed E-state index contributed by atoms with van der Waals surface area (Å²) in [7, 11) is 0. The van der Waals surface area contributed by atoms with Gasteiger partial charge in [0.2, 0.25) is 0 Å². The summed E-state index contributed by atoms with van der Waals surface area (Å²) in [4.78, 5) is 17.9. The zero-order valence-corrected chi connectivity index (χ0v) is 8.56. The second-order valence-electron chi connectivity index (χ2n) is 3.36. The number of aromatic amines is 1. The first-order valence-electron chi connectivity index (χ1n) is 4.68. The zero-order valence-electron chi connectivity index (χ0n) is 7.75. The van der Waals surface area contributed by atoms with Gasteiger partial charge in [-0.2, -0.15) is 0 Å². The standard InChI is InChI=1S/C9H12N2O2S/c12-8(13)5-14-9-10-6-3-1-2-4-7(6)11-9/h1-5H2,(H,10,11)(H,12,13). The SMILES string of the molecule is O=C(O)CSc1nc2c([nH]1)CCCC2. The highest BCUT2D eigenvalue weighted by Gasteiger charge is 2.14. The van der Waals surface area contributed by atoms with E-state index in [9.17, 15) is 4.79 Å². The van der Waals surface area contributed by atoms with Gasteiger partial charge in [-0.1, -0.05) is 11.8 Å². The number of thioether (sulfide) groups is 1. The number of aliphatic carboxylic acids is 1. The molecular weight excluding hydrogens is 200 g/mol. The van der Waals surface area contributed by atoms with Crippen molar-refractivity contribution < 1.29 is 9.90 Å². The van der Waals surface area contributed by atoms with Crippen LogP contribution in [0.3, 0.4) is 0 Å².